The molecule has 0 radical (unpaired) electrons. The Bertz CT molecular complexity index is 678. The summed E-state index contributed by atoms with van der Waals surface area (Å²) in [5, 5.41) is 9.11. The van der Waals surface area contributed by atoms with Gasteiger partial charge in [-0.2, -0.15) is 18.4 Å². The normalized spacial score (nSPS) is 12.2. The number of halogens is 4. The van der Waals surface area contributed by atoms with Gasteiger partial charge in [0.15, 0.2) is 0 Å². The highest BCUT2D eigenvalue weighted by Crippen LogP contribution is 2.31. The van der Waals surface area contributed by atoms with E-state index in [0.717, 1.165) is 17.0 Å². The summed E-state index contributed by atoms with van der Waals surface area (Å²) in [5.41, 5.74) is -0.0139. The molecule has 0 fully saturated rings. The van der Waals surface area contributed by atoms with E-state index in [-0.39, 0.29) is 5.57 Å². The second-order valence-corrected chi connectivity index (χ2v) is 5.63. The van der Waals surface area contributed by atoms with E-state index >= 15 is 0 Å². The third-order valence-corrected chi connectivity index (χ3v) is 3.70. The van der Waals surface area contributed by atoms with Crippen LogP contribution in [0.4, 0.5) is 13.2 Å². The van der Waals surface area contributed by atoms with Gasteiger partial charge in [0.2, 0.25) is 0 Å². The number of hydrogen-bond acceptors (Lipinski definition) is 2. The molecule has 0 saturated heterocycles. The van der Waals surface area contributed by atoms with E-state index in [1.807, 2.05) is 6.07 Å². The summed E-state index contributed by atoms with van der Waals surface area (Å²) in [6.45, 7) is 0. The predicted octanol–water partition coefficient (Wildman–Crippen LogP) is 5.48. The zero-order valence-electron chi connectivity index (χ0n) is 9.91. The minimum atomic E-state index is -4.38. The minimum Gasteiger partial charge on any atom is -0.192 e. The first-order valence-corrected chi connectivity index (χ1v) is 6.64. The van der Waals surface area contributed by atoms with Crippen molar-refractivity contribution in [2.24, 2.45) is 0 Å². The van der Waals surface area contributed by atoms with Crippen LogP contribution < -0.4 is 0 Å². The van der Waals surface area contributed by atoms with Crippen LogP contribution in [-0.4, -0.2) is 0 Å². The molecule has 1 aromatic heterocycles. The number of nitriles is 1. The van der Waals surface area contributed by atoms with Crippen LogP contribution >= 0.6 is 22.9 Å². The second kappa shape index (κ2) is 5.70. The summed E-state index contributed by atoms with van der Waals surface area (Å²) in [5.74, 6) is 0. The van der Waals surface area contributed by atoms with Crippen molar-refractivity contribution in [2.75, 3.05) is 0 Å². The van der Waals surface area contributed by atoms with Gasteiger partial charge in [0.25, 0.3) is 0 Å². The number of rotatable bonds is 2. The van der Waals surface area contributed by atoms with Crippen molar-refractivity contribution < 1.29 is 13.2 Å². The van der Waals surface area contributed by atoms with Crippen molar-refractivity contribution in [1.29, 1.82) is 5.26 Å². The maximum absolute atomic E-state index is 12.5. The second-order valence-electron chi connectivity index (χ2n) is 3.89. The largest absolute Gasteiger partial charge is 0.416 e. The molecular weight excluding hydrogens is 307 g/mol. The summed E-state index contributed by atoms with van der Waals surface area (Å²) < 4.78 is 38.0. The molecular formula is C14H7ClF3NS. The number of benzene rings is 1. The molecule has 0 aliphatic rings. The SMILES string of the molecule is N#CC(=Cc1ccc(Cl)s1)c1ccc(C(F)(F)F)cc1. The fraction of sp³-hybridized carbons (Fsp3) is 0.0714. The molecule has 0 spiro atoms. The first kappa shape index (κ1) is 14.6. The quantitative estimate of drug-likeness (QED) is 0.673. The minimum absolute atomic E-state index is 0.289. The van der Waals surface area contributed by atoms with Crippen LogP contribution in [0.1, 0.15) is 16.0 Å². The van der Waals surface area contributed by atoms with Gasteiger partial charge in [0.1, 0.15) is 0 Å². The molecule has 20 heavy (non-hydrogen) atoms. The Balaban J connectivity index is 2.34. The highest BCUT2D eigenvalue weighted by atomic mass is 35.5. The third-order valence-electron chi connectivity index (χ3n) is 2.52. The Hall–Kier alpha value is -1.77. The van der Waals surface area contributed by atoms with Crippen LogP contribution in [-0.2, 0) is 6.18 Å². The van der Waals surface area contributed by atoms with E-state index in [4.69, 9.17) is 16.9 Å². The molecule has 0 atom stereocenters. The Labute approximate surface area is 122 Å². The van der Waals surface area contributed by atoms with Crippen molar-refractivity contribution in [3.63, 3.8) is 0 Å². The Morgan fingerprint density at radius 2 is 1.80 bits per heavy atom. The highest BCUT2D eigenvalue weighted by Gasteiger charge is 2.30. The molecule has 0 aliphatic heterocycles. The number of thiophene rings is 1. The van der Waals surface area contributed by atoms with Crippen LogP contribution in [0.25, 0.3) is 11.6 Å². The van der Waals surface area contributed by atoms with Gasteiger partial charge in [-0.25, -0.2) is 0 Å². The van der Waals surface area contributed by atoms with Crippen molar-refractivity contribution in [1.82, 2.24) is 0 Å². The molecule has 0 amide bonds. The van der Waals surface area contributed by atoms with Crippen molar-refractivity contribution in [2.45, 2.75) is 6.18 Å². The molecule has 1 nitrogen and oxygen atoms in total. The lowest BCUT2D eigenvalue weighted by Crippen LogP contribution is -2.04. The highest BCUT2D eigenvalue weighted by molar-refractivity contribution is 7.17. The molecule has 0 unspecified atom stereocenters. The number of allylic oxidation sites excluding steroid dienone is 1. The van der Waals surface area contributed by atoms with Crippen LogP contribution in [0.15, 0.2) is 36.4 Å². The average Bonchev–Trinajstić information content (AvgIpc) is 2.81. The average molecular weight is 314 g/mol. The van der Waals surface area contributed by atoms with E-state index < -0.39 is 11.7 Å². The van der Waals surface area contributed by atoms with Gasteiger partial charge in [-0.15, -0.1) is 11.3 Å². The summed E-state index contributed by atoms with van der Waals surface area (Å²) in [6.07, 6.45) is -2.78. The molecule has 1 heterocycles. The van der Waals surface area contributed by atoms with E-state index in [2.05, 4.69) is 0 Å². The first-order valence-electron chi connectivity index (χ1n) is 5.45. The van der Waals surface area contributed by atoms with Gasteiger partial charge in [-0.05, 0) is 35.9 Å². The standard InChI is InChI=1S/C14H7ClF3NS/c15-13-6-5-12(20-13)7-10(8-19)9-1-3-11(4-2-9)14(16,17)18/h1-7H. The van der Waals surface area contributed by atoms with Gasteiger partial charge >= 0.3 is 6.18 Å². The Kier molecular flexibility index (Phi) is 4.17. The lowest BCUT2D eigenvalue weighted by molar-refractivity contribution is -0.137. The topological polar surface area (TPSA) is 23.8 Å². The Morgan fingerprint density at radius 1 is 1.15 bits per heavy atom. The summed E-state index contributed by atoms with van der Waals surface area (Å²) >= 11 is 7.08. The van der Waals surface area contributed by atoms with E-state index in [1.54, 1.807) is 18.2 Å². The molecule has 0 saturated carbocycles. The maximum Gasteiger partial charge on any atom is 0.416 e. The van der Waals surface area contributed by atoms with Gasteiger partial charge in [0.05, 0.1) is 21.5 Å². The van der Waals surface area contributed by atoms with E-state index in [9.17, 15) is 13.2 Å². The van der Waals surface area contributed by atoms with Gasteiger partial charge in [0, 0.05) is 4.88 Å². The predicted molar refractivity (Wildman–Crippen MR) is 74.3 cm³/mol. The summed E-state index contributed by atoms with van der Waals surface area (Å²) in [7, 11) is 0. The van der Waals surface area contributed by atoms with Crippen molar-refractivity contribution in [3.05, 3.63) is 56.7 Å². The fourth-order valence-electron chi connectivity index (χ4n) is 1.57. The van der Waals surface area contributed by atoms with Gasteiger partial charge in [-0.3, -0.25) is 0 Å². The van der Waals surface area contributed by atoms with Crippen LogP contribution in [0.3, 0.4) is 0 Å². The lowest BCUT2D eigenvalue weighted by Gasteiger charge is -2.07. The Morgan fingerprint density at radius 3 is 2.25 bits per heavy atom. The van der Waals surface area contributed by atoms with Crippen LogP contribution in [0.2, 0.25) is 4.34 Å². The third kappa shape index (κ3) is 3.41. The monoisotopic (exact) mass is 313 g/mol. The molecule has 0 N–H and O–H groups in total. The zero-order chi connectivity index (χ0) is 14.8. The summed E-state index contributed by atoms with van der Waals surface area (Å²) in [6, 6.07) is 9.91. The van der Waals surface area contributed by atoms with E-state index in [1.165, 1.54) is 23.5 Å². The number of hydrogen-bond donors (Lipinski definition) is 0. The number of alkyl halides is 3. The molecule has 0 bridgehead atoms. The van der Waals surface area contributed by atoms with Gasteiger partial charge in [-0.1, -0.05) is 23.7 Å². The molecule has 6 heteroatoms. The van der Waals surface area contributed by atoms with Crippen LogP contribution in [0.5, 0.6) is 0 Å². The number of nitrogens with zero attached hydrogens (tertiary/aromatic N) is 1. The lowest BCUT2D eigenvalue weighted by atomic mass is 10.0. The molecule has 2 aromatic rings. The van der Waals surface area contributed by atoms with Crippen LogP contribution in [0, 0.1) is 11.3 Å². The molecule has 102 valence electrons. The summed E-state index contributed by atoms with van der Waals surface area (Å²) in [4.78, 5) is 0.770. The fourth-order valence-corrected chi connectivity index (χ4v) is 2.57. The first-order chi connectivity index (χ1) is 9.40. The van der Waals surface area contributed by atoms with Crippen molar-refractivity contribution in [3.8, 4) is 6.07 Å². The smallest absolute Gasteiger partial charge is 0.192 e. The maximum atomic E-state index is 12.5. The molecule has 2 rings (SSSR count). The molecule has 1 aromatic carbocycles. The van der Waals surface area contributed by atoms with Crippen molar-refractivity contribution >= 4 is 34.6 Å². The molecule has 0 aliphatic carbocycles. The zero-order valence-corrected chi connectivity index (χ0v) is 11.5. The van der Waals surface area contributed by atoms with Gasteiger partial charge < -0.3 is 0 Å². The van der Waals surface area contributed by atoms with E-state index in [0.29, 0.717) is 9.90 Å².